The van der Waals surface area contributed by atoms with E-state index in [9.17, 15) is 0 Å². The van der Waals surface area contributed by atoms with Crippen molar-refractivity contribution in [3.8, 4) is 130 Å². The Labute approximate surface area is 822 Å². The largest absolute Gasteiger partial charge is 0.309 e. The van der Waals surface area contributed by atoms with E-state index in [1.807, 2.05) is 12.1 Å². The molecule has 0 atom stereocenters. The van der Waals surface area contributed by atoms with Crippen LogP contribution >= 0.6 is 0 Å². The lowest BCUT2D eigenvalue weighted by Crippen LogP contribution is -2.15. The number of nitrogens with zero attached hydrogens (tertiary/aromatic N) is 9. The summed E-state index contributed by atoms with van der Waals surface area (Å²) in [6.45, 7) is 14.0. The molecule has 142 heavy (non-hydrogen) atoms. The normalized spacial score (nSPS) is 13.3. The highest BCUT2D eigenvalue weighted by Gasteiger charge is 2.40. The quantitative estimate of drug-likeness (QED) is 0.135. The summed E-state index contributed by atoms with van der Waals surface area (Å²) in [6.07, 6.45) is 0. The molecule has 0 saturated heterocycles. The second kappa shape index (κ2) is 32.6. The lowest BCUT2D eigenvalue weighted by atomic mass is 9.82. The molecule has 6 aromatic heterocycles. The minimum atomic E-state index is -0.0999. The topological polar surface area (TPSA) is 92.1 Å². The third-order valence-corrected chi connectivity index (χ3v) is 30.5. The first kappa shape index (κ1) is 83.5. The Morgan fingerprint density at radius 1 is 0.169 bits per heavy atom. The molecule has 0 N–H and O–H groups in total. The molecule has 3 aliphatic carbocycles. The number of hydrogen-bond acceptors (Lipinski definition) is 6. The molecule has 0 saturated carbocycles. The van der Waals surface area contributed by atoms with Crippen molar-refractivity contribution < 1.29 is 0 Å². The van der Waals surface area contributed by atoms with E-state index in [0.29, 0.717) is 11.9 Å². The van der Waals surface area contributed by atoms with Crippen molar-refractivity contribution in [1.82, 2.24) is 43.6 Å². The molecular weight excluding hydrogens is 1720 g/mol. The molecule has 6 heterocycles. The maximum absolute atomic E-state index is 5.38. The summed E-state index contributed by atoms with van der Waals surface area (Å²) >= 11 is 0. The zero-order chi connectivity index (χ0) is 94.8. The average Bonchev–Trinajstić information content (AvgIpc) is 1.55. The third kappa shape index (κ3) is 13.4. The molecule has 0 amide bonds. The molecule has 9 nitrogen and oxygen atoms in total. The minimum Gasteiger partial charge on any atom is -0.309 e. The van der Waals surface area contributed by atoms with Gasteiger partial charge in [0.25, 0.3) is 0 Å². The Morgan fingerprint density at radius 3 is 0.937 bits per heavy atom. The summed E-state index contributed by atoms with van der Waals surface area (Å²) in [5.74, 6) is 2.08. The van der Waals surface area contributed by atoms with Gasteiger partial charge >= 0.3 is 0 Å². The Morgan fingerprint density at radius 2 is 0.479 bits per heavy atom. The molecule has 20 aromatic carbocycles. The maximum Gasteiger partial charge on any atom is 0.235 e. The number of aromatic nitrogens is 9. The molecular formula is C133H93N9. The zero-order valence-electron chi connectivity index (χ0n) is 79.3. The lowest BCUT2D eigenvalue weighted by Gasteiger charge is -2.21. The van der Waals surface area contributed by atoms with E-state index in [-0.39, 0.29) is 16.2 Å². The smallest absolute Gasteiger partial charge is 0.235 e. The van der Waals surface area contributed by atoms with Crippen molar-refractivity contribution in [1.29, 1.82) is 0 Å². The van der Waals surface area contributed by atoms with E-state index in [0.717, 1.165) is 106 Å². The van der Waals surface area contributed by atoms with Gasteiger partial charge in [-0.25, -0.2) is 29.9 Å². The predicted octanol–water partition coefficient (Wildman–Crippen LogP) is 33.9. The first-order valence-corrected chi connectivity index (χ1v) is 49.0. The average molecular weight is 1820 g/mol. The molecule has 670 valence electrons. The summed E-state index contributed by atoms with van der Waals surface area (Å²) < 4.78 is 6.94. The fourth-order valence-corrected chi connectivity index (χ4v) is 23.2. The Balaban J connectivity index is 0.000000107. The molecule has 0 bridgehead atoms. The Bertz CT molecular complexity index is 9660. The van der Waals surface area contributed by atoms with E-state index in [4.69, 9.17) is 29.9 Å². The van der Waals surface area contributed by atoms with Gasteiger partial charge in [0.15, 0.2) is 5.82 Å². The minimum absolute atomic E-state index is 0.0712. The maximum atomic E-state index is 5.38. The first-order chi connectivity index (χ1) is 69.7. The number of fused-ring (bicyclic) bond motifs is 22. The van der Waals surface area contributed by atoms with Gasteiger partial charge in [0.1, 0.15) is 0 Å². The lowest BCUT2D eigenvalue weighted by molar-refractivity contribution is 0.661. The van der Waals surface area contributed by atoms with Crippen LogP contribution in [0, 0.1) is 0 Å². The fourth-order valence-electron chi connectivity index (χ4n) is 23.2. The van der Waals surface area contributed by atoms with Crippen LogP contribution in [-0.4, -0.2) is 43.6 Å². The van der Waals surface area contributed by atoms with Gasteiger partial charge in [-0.05, 0) is 214 Å². The molecule has 0 spiro atoms. The monoisotopic (exact) mass is 1820 g/mol. The van der Waals surface area contributed by atoms with Crippen LogP contribution in [0.4, 0.5) is 0 Å². The van der Waals surface area contributed by atoms with Gasteiger partial charge < -0.3 is 4.57 Å². The van der Waals surface area contributed by atoms with Crippen molar-refractivity contribution in [2.75, 3.05) is 0 Å². The van der Waals surface area contributed by atoms with Gasteiger partial charge in [0.2, 0.25) is 11.9 Å². The first-order valence-electron chi connectivity index (χ1n) is 49.0. The molecule has 9 heteroatoms. The van der Waals surface area contributed by atoms with Crippen LogP contribution in [0.25, 0.3) is 238 Å². The van der Waals surface area contributed by atoms with E-state index in [1.165, 1.54) is 154 Å². The van der Waals surface area contributed by atoms with Gasteiger partial charge in [-0.15, -0.1) is 0 Å². The van der Waals surface area contributed by atoms with Gasteiger partial charge in [-0.3, -0.25) is 9.13 Å². The summed E-state index contributed by atoms with van der Waals surface area (Å²) in [4.78, 5) is 31.4. The summed E-state index contributed by atoms with van der Waals surface area (Å²) in [5, 5.41) is 13.0. The van der Waals surface area contributed by atoms with Crippen LogP contribution in [0.5, 0.6) is 0 Å². The number of para-hydroxylation sites is 6. The fraction of sp³-hybridized carbons (Fsp3) is 0.0677. The summed E-state index contributed by atoms with van der Waals surface area (Å²) in [7, 11) is 0. The van der Waals surface area contributed by atoms with Crippen LogP contribution < -0.4 is 0 Å². The summed E-state index contributed by atoms with van der Waals surface area (Å²) in [6, 6.07) is 163. The standard InChI is InChI=1S/C47H33N3.C45H31N3.C41H29N3/c1-47(2)40-17-9-6-14-35(40)38-28-39-36-15-8-11-19-43(36)50(44(39)29-41(38)47)34-26-24-33(25-27-34)46-48-42-18-10-7-16-37(42)45(49-46)32-22-20-31(21-23-32)30-12-4-3-5-13-30;1-45(2)38-16-8-5-13-33(38)36-27-42-37(26-39(36)45)34-14-7-10-18-41(34)48(42)44-46-40-17-9-6-15-35(40)43(47-44)30-22-19-29(20-23-30)32-24-21-28-11-3-4-12-31(28)25-32;1-41(2)34-17-9-6-14-29(34)32-24-33-30-15-8-11-19-37(30)44(38(33)25-35(32)41)40-42-36-18-10-7-16-31(36)39(43-40)28-22-20-27(21-23-28)26-12-4-3-5-13-26/h3-29H,1-2H3;3-27H,1-2H3;3-25H,1-2H3. The van der Waals surface area contributed by atoms with E-state index >= 15 is 0 Å². The van der Waals surface area contributed by atoms with E-state index in [2.05, 4.69) is 498 Å². The molecule has 0 unspecified atom stereocenters. The number of hydrogen-bond donors (Lipinski definition) is 0. The van der Waals surface area contributed by atoms with Gasteiger partial charge in [-0.2, -0.15) is 0 Å². The van der Waals surface area contributed by atoms with Gasteiger partial charge in [0, 0.05) is 92.7 Å². The highest BCUT2D eigenvalue weighted by Crippen LogP contribution is 2.56. The SMILES string of the molecule is CC1(C)c2ccccc2-c2cc3c(cc21)c1ccccc1n3-c1nc(-c2ccc(-c3ccc4ccccc4c3)cc2)c2ccccc2n1.CC1(C)c2ccccc2-c2cc3c4ccccc4n(-c4ccc(-c5nc(-c6ccc(-c7ccccc7)cc6)c6ccccc6n5)cc4)c3cc21.CC1(C)c2ccccc2-c2cc3c4ccccc4n(-c4nc(-c5ccc(-c6ccccc6)cc5)c5ccccc5n4)c3cc21. The molecule has 26 aromatic rings. The third-order valence-electron chi connectivity index (χ3n) is 30.5. The number of benzene rings is 20. The van der Waals surface area contributed by atoms with Crippen molar-refractivity contribution in [3.63, 3.8) is 0 Å². The summed E-state index contributed by atoms with van der Waals surface area (Å²) in [5.41, 5.74) is 40.9. The molecule has 0 fully saturated rings. The molecule has 3 aliphatic rings. The van der Waals surface area contributed by atoms with E-state index < -0.39 is 0 Å². The van der Waals surface area contributed by atoms with Crippen LogP contribution in [0.2, 0.25) is 0 Å². The van der Waals surface area contributed by atoms with Crippen LogP contribution in [0.3, 0.4) is 0 Å². The second-order valence-corrected chi connectivity index (χ2v) is 39.6. The van der Waals surface area contributed by atoms with Gasteiger partial charge in [-0.1, -0.05) is 393 Å². The molecule has 0 aliphatic heterocycles. The highest BCUT2D eigenvalue weighted by molar-refractivity contribution is 6.15. The highest BCUT2D eigenvalue weighted by atomic mass is 15.2. The number of rotatable bonds is 10. The predicted molar refractivity (Wildman–Crippen MR) is 590 cm³/mol. The molecule has 0 radical (unpaired) electrons. The van der Waals surface area contributed by atoms with Crippen molar-refractivity contribution in [2.24, 2.45) is 0 Å². The van der Waals surface area contributed by atoms with E-state index in [1.54, 1.807) is 0 Å². The van der Waals surface area contributed by atoms with Crippen LogP contribution in [0.1, 0.15) is 74.9 Å². The van der Waals surface area contributed by atoms with Crippen molar-refractivity contribution in [2.45, 2.75) is 57.8 Å². The van der Waals surface area contributed by atoms with Crippen molar-refractivity contribution in [3.05, 3.63) is 488 Å². The van der Waals surface area contributed by atoms with Crippen LogP contribution in [-0.2, 0) is 16.2 Å². The van der Waals surface area contributed by atoms with Crippen molar-refractivity contribution >= 4 is 109 Å². The Hall–Kier alpha value is -17.9. The molecule has 29 rings (SSSR count). The zero-order valence-corrected chi connectivity index (χ0v) is 79.3. The Kier molecular flexibility index (Phi) is 19.2. The second-order valence-electron chi connectivity index (χ2n) is 39.6. The van der Waals surface area contributed by atoms with Crippen LogP contribution in [0.15, 0.2) is 455 Å². The van der Waals surface area contributed by atoms with Gasteiger partial charge in [0.05, 0.1) is 66.7 Å².